The molecule has 5 rings (SSSR count). The van der Waals surface area contributed by atoms with Gasteiger partial charge in [0.25, 0.3) is 11.8 Å². The molecule has 0 aliphatic carbocycles. The molecule has 0 saturated carbocycles. The van der Waals surface area contributed by atoms with Crippen molar-refractivity contribution in [3.05, 3.63) is 66.2 Å². The van der Waals surface area contributed by atoms with Crippen molar-refractivity contribution in [3.8, 4) is 22.5 Å². The molecule has 0 radical (unpaired) electrons. The Kier molecular flexibility index (Phi) is 5.84. The van der Waals surface area contributed by atoms with Crippen molar-refractivity contribution in [3.63, 3.8) is 0 Å². The summed E-state index contributed by atoms with van der Waals surface area (Å²) < 4.78 is 20.5. The van der Waals surface area contributed by atoms with Crippen LogP contribution in [-0.2, 0) is 25.7 Å². The Balaban J connectivity index is 1.32. The number of carbonyl (C=O) groups excluding carboxylic acids is 4. The van der Waals surface area contributed by atoms with Crippen LogP contribution in [0.15, 0.2) is 59.0 Å². The third-order valence-electron chi connectivity index (χ3n) is 5.94. The van der Waals surface area contributed by atoms with Crippen molar-refractivity contribution in [1.29, 1.82) is 0 Å². The Bertz CT molecular complexity index is 1420. The monoisotopic (exact) mass is 490 g/mol. The van der Waals surface area contributed by atoms with E-state index in [1.165, 1.54) is 11.0 Å². The zero-order valence-electron chi connectivity index (χ0n) is 19.0. The second-order valence-corrected chi connectivity index (χ2v) is 8.28. The van der Waals surface area contributed by atoms with Gasteiger partial charge in [-0.2, -0.15) is 4.98 Å². The van der Waals surface area contributed by atoms with E-state index in [2.05, 4.69) is 20.4 Å². The lowest BCUT2D eigenvalue weighted by Gasteiger charge is -2.29. The van der Waals surface area contributed by atoms with E-state index in [1.807, 2.05) is 0 Å². The molecule has 1 unspecified atom stereocenters. The van der Waals surface area contributed by atoms with Crippen LogP contribution < -0.4 is 5.32 Å². The minimum absolute atomic E-state index is 0.0234. The largest absolute Gasteiger partial charge is 0.361 e. The molecule has 12 heteroatoms. The normalized spacial score (nSPS) is 17.9. The lowest BCUT2D eigenvalue weighted by molar-refractivity contribution is -0.150. The van der Waals surface area contributed by atoms with E-state index in [0.29, 0.717) is 11.1 Å². The van der Waals surface area contributed by atoms with Gasteiger partial charge >= 0.3 is 0 Å². The maximum absolute atomic E-state index is 15.2. The van der Waals surface area contributed by atoms with E-state index in [4.69, 9.17) is 4.52 Å². The first-order chi connectivity index (χ1) is 17.3. The summed E-state index contributed by atoms with van der Waals surface area (Å²) in [5, 5.41) is 6.01. The molecule has 1 fully saturated rings. The van der Waals surface area contributed by atoms with Gasteiger partial charge in [0.05, 0.1) is 12.1 Å². The number of likely N-dealkylation sites (N-methyl/N-ethyl adjacent to an activating group) is 1. The van der Waals surface area contributed by atoms with E-state index < -0.39 is 35.5 Å². The number of aromatic nitrogens is 3. The van der Waals surface area contributed by atoms with Crippen LogP contribution in [0.4, 0.5) is 4.39 Å². The minimum Gasteiger partial charge on any atom is -0.361 e. The summed E-state index contributed by atoms with van der Waals surface area (Å²) in [5.74, 6) is -2.88. The predicted octanol–water partition coefficient (Wildman–Crippen LogP) is 1.43. The lowest BCUT2D eigenvalue weighted by Crippen LogP contribution is -2.54. The van der Waals surface area contributed by atoms with E-state index in [-0.39, 0.29) is 42.4 Å². The number of hydrogen-bond acceptors (Lipinski definition) is 9. The molecule has 2 aliphatic rings. The molecule has 0 spiro atoms. The van der Waals surface area contributed by atoms with Crippen LogP contribution in [0.1, 0.15) is 18.7 Å². The molecule has 4 amide bonds. The standard InChI is InChI=1S/C24H19FN6O5/c1-30(17-11-20(33)31(24(17)35)16-5-6-18(32)27-23(16)34)12-19-28-22(29-36-19)15-4-2-3-14(21(15)25)13-7-9-26-10-8-13/h2-4,7-11,16H,5-6,12H2,1H3,(H,27,32,34). The number of nitrogens with one attached hydrogen (secondary N) is 1. The van der Waals surface area contributed by atoms with Crippen LogP contribution in [-0.4, -0.2) is 61.6 Å². The van der Waals surface area contributed by atoms with Crippen LogP contribution >= 0.6 is 0 Å². The van der Waals surface area contributed by atoms with Crippen LogP contribution in [0.3, 0.4) is 0 Å². The number of halogens is 1. The fraction of sp³-hybridized carbons (Fsp3) is 0.208. The first-order valence-electron chi connectivity index (χ1n) is 11.0. The summed E-state index contributed by atoms with van der Waals surface area (Å²) in [6, 6.07) is 7.14. The predicted molar refractivity (Wildman–Crippen MR) is 120 cm³/mol. The number of piperidine rings is 1. The summed E-state index contributed by atoms with van der Waals surface area (Å²) in [6.07, 6.45) is 4.33. The average molecular weight is 490 g/mol. The molecule has 11 nitrogen and oxygen atoms in total. The van der Waals surface area contributed by atoms with Gasteiger partial charge in [0.15, 0.2) is 0 Å². The van der Waals surface area contributed by atoms with Gasteiger partial charge in [-0.05, 0) is 30.2 Å². The molecule has 1 saturated heterocycles. The molecule has 1 atom stereocenters. The summed E-state index contributed by atoms with van der Waals surface area (Å²) in [4.78, 5) is 59.4. The third kappa shape index (κ3) is 4.13. The van der Waals surface area contributed by atoms with E-state index in [0.717, 1.165) is 11.0 Å². The molecular weight excluding hydrogens is 471 g/mol. The number of carbonyl (C=O) groups is 4. The van der Waals surface area contributed by atoms with Crippen LogP contribution in [0.25, 0.3) is 22.5 Å². The summed E-state index contributed by atoms with van der Waals surface area (Å²) in [7, 11) is 1.54. The second kappa shape index (κ2) is 9.13. The molecule has 2 aliphatic heterocycles. The van der Waals surface area contributed by atoms with Crippen LogP contribution in [0.5, 0.6) is 0 Å². The summed E-state index contributed by atoms with van der Waals surface area (Å²) in [5.41, 5.74) is 1.16. The number of hydrogen-bond donors (Lipinski definition) is 1. The maximum atomic E-state index is 15.2. The fourth-order valence-corrected chi connectivity index (χ4v) is 4.14. The number of benzene rings is 1. The van der Waals surface area contributed by atoms with Crippen molar-refractivity contribution in [2.45, 2.75) is 25.4 Å². The highest BCUT2D eigenvalue weighted by Gasteiger charge is 2.43. The number of pyridine rings is 1. The zero-order chi connectivity index (χ0) is 25.4. The van der Waals surface area contributed by atoms with Crippen LogP contribution in [0, 0.1) is 5.82 Å². The van der Waals surface area contributed by atoms with Gasteiger partial charge in [0, 0.05) is 37.5 Å². The number of nitrogens with zero attached hydrogens (tertiary/aromatic N) is 5. The quantitative estimate of drug-likeness (QED) is 0.508. The molecule has 1 N–H and O–H groups in total. The lowest BCUT2D eigenvalue weighted by atomic mass is 10.0. The second-order valence-electron chi connectivity index (χ2n) is 8.28. The Morgan fingerprint density at radius 1 is 1.14 bits per heavy atom. The third-order valence-corrected chi connectivity index (χ3v) is 5.94. The molecule has 1 aromatic carbocycles. The molecular formula is C24H19FN6O5. The highest BCUT2D eigenvalue weighted by molar-refractivity contribution is 6.18. The highest BCUT2D eigenvalue weighted by atomic mass is 19.1. The average Bonchev–Trinajstić information content (AvgIpc) is 3.44. The van der Waals surface area contributed by atoms with Gasteiger partial charge in [-0.1, -0.05) is 17.3 Å². The van der Waals surface area contributed by atoms with Crippen molar-refractivity contribution in [2.75, 3.05) is 7.05 Å². The van der Waals surface area contributed by atoms with Crippen molar-refractivity contribution in [1.82, 2.24) is 30.2 Å². The highest BCUT2D eigenvalue weighted by Crippen LogP contribution is 2.30. The fourth-order valence-electron chi connectivity index (χ4n) is 4.14. The minimum atomic E-state index is -1.06. The Morgan fingerprint density at radius 2 is 1.89 bits per heavy atom. The Hall–Kier alpha value is -4.74. The Labute approximate surface area is 203 Å². The van der Waals surface area contributed by atoms with E-state index in [9.17, 15) is 19.2 Å². The van der Waals surface area contributed by atoms with Crippen molar-refractivity contribution >= 4 is 23.6 Å². The van der Waals surface area contributed by atoms with Crippen molar-refractivity contribution in [2.24, 2.45) is 0 Å². The van der Waals surface area contributed by atoms with E-state index in [1.54, 1.807) is 43.7 Å². The first-order valence-corrected chi connectivity index (χ1v) is 11.0. The van der Waals surface area contributed by atoms with Crippen LogP contribution in [0.2, 0.25) is 0 Å². The maximum Gasteiger partial charge on any atom is 0.277 e. The molecule has 2 aromatic heterocycles. The SMILES string of the molecule is CN(Cc1nc(-c2cccc(-c3ccncc3)c2F)no1)C1=CC(=O)N(C2CCC(=O)NC2=O)C1=O. The van der Waals surface area contributed by atoms with Crippen molar-refractivity contribution < 1.29 is 28.1 Å². The first kappa shape index (κ1) is 23.0. The van der Waals surface area contributed by atoms with Gasteiger partial charge in [-0.3, -0.25) is 34.4 Å². The van der Waals surface area contributed by atoms with Gasteiger partial charge in [-0.15, -0.1) is 0 Å². The smallest absolute Gasteiger partial charge is 0.277 e. The summed E-state index contributed by atoms with van der Waals surface area (Å²) in [6.45, 7) is -0.0489. The Morgan fingerprint density at radius 3 is 2.64 bits per heavy atom. The molecule has 3 aromatic rings. The molecule has 0 bridgehead atoms. The van der Waals surface area contributed by atoms with E-state index >= 15 is 4.39 Å². The topological polar surface area (TPSA) is 139 Å². The molecule has 36 heavy (non-hydrogen) atoms. The van der Waals surface area contributed by atoms with Gasteiger partial charge in [-0.25, -0.2) is 4.39 Å². The number of amides is 4. The molecule has 4 heterocycles. The molecule has 182 valence electrons. The number of imide groups is 2. The number of rotatable bonds is 6. The van der Waals surface area contributed by atoms with Gasteiger partial charge < -0.3 is 9.42 Å². The summed E-state index contributed by atoms with van der Waals surface area (Å²) >= 11 is 0. The van der Waals surface area contributed by atoms with Gasteiger partial charge in [0.1, 0.15) is 17.6 Å². The van der Waals surface area contributed by atoms with Gasteiger partial charge in [0.2, 0.25) is 23.5 Å². The zero-order valence-corrected chi connectivity index (χ0v) is 19.0.